The minimum atomic E-state index is 0.415. The summed E-state index contributed by atoms with van der Waals surface area (Å²) in [5.74, 6) is 0. The number of rotatable bonds is 6. The number of benzene rings is 2. The highest BCUT2D eigenvalue weighted by atomic mass is 15.1. The van der Waals surface area contributed by atoms with E-state index in [4.69, 9.17) is 0 Å². The van der Waals surface area contributed by atoms with Crippen LogP contribution in [0, 0.1) is 0 Å². The summed E-state index contributed by atoms with van der Waals surface area (Å²) in [5.41, 5.74) is 5.82. The summed E-state index contributed by atoms with van der Waals surface area (Å²) in [5, 5.41) is 3.44. The molecule has 1 N–H and O–H groups in total. The number of hydrogen-bond acceptors (Lipinski definition) is 2. The molecule has 0 aromatic heterocycles. The number of nitrogens with zero attached hydrogens (tertiary/aromatic N) is 1. The van der Waals surface area contributed by atoms with Crippen LogP contribution in [0.4, 0.5) is 5.69 Å². The van der Waals surface area contributed by atoms with E-state index in [0.717, 1.165) is 13.0 Å². The van der Waals surface area contributed by atoms with Crippen LogP contribution in [0.3, 0.4) is 0 Å². The molecule has 0 saturated carbocycles. The zero-order valence-electron chi connectivity index (χ0n) is 13.7. The predicted octanol–water partition coefficient (Wildman–Crippen LogP) is 3.96. The molecule has 0 bridgehead atoms. The Kier molecular flexibility index (Phi) is 4.79. The summed E-state index contributed by atoms with van der Waals surface area (Å²) < 4.78 is 0. The molecule has 0 radical (unpaired) electrons. The van der Waals surface area contributed by atoms with Crippen LogP contribution in [-0.2, 0) is 12.8 Å². The lowest BCUT2D eigenvalue weighted by Gasteiger charge is -2.24. The van der Waals surface area contributed by atoms with Crippen LogP contribution in [0.2, 0.25) is 0 Å². The lowest BCUT2D eigenvalue weighted by Crippen LogP contribution is -2.25. The highest BCUT2D eigenvalue weighted by Crippen LogP contribution is 2.27. The summed E-state index contributed by atoms with van der Waals surface area (Å²) in [6.07, 6.45) is 4.93. The third-order valence-electron chi connectivity index (χ3n) is 4.83. The van der Waals surface area contributed by atoms with E-state index in [1.807, 2.05) is 7.05 Å². The lowest BCUT2D eigenvalue weighted by atomic mass is 10.0. The topological polar surface area (TPSA) is 15.3 Å². The largest absolute Gasteiger partial charge is 0.375 e. The summed E-state index contributed by atoms with van der Waals surface area (Å²) >= 11 is 0. The molecule has 2 aromatic rings. The Balaban J connectivity index is 1.63. The van der Waals surface area contributed by atoms with Crippen molar-refractivity contribution in [2.24, 2.45) is 0 Å². The van der Waals surface area contributed by atoms with E-state index >= 15 is 0 Å². The van der Waals surface area contributed by atoms with E-state index in [9.17, 15) is 0 Å². The molecule has 0 heterocycles. The molecule has 1 aliphatic carbocycles. The van der Waals surface area contributed by atoms with Crippen LogP contribution >= 0.6 is 0 Å². The standard InChI is InChI=1S/C20H26N2/c1-21-20(17-7-4-3-5-8-17)13-14-22(2)19-12-11-16-9-6-10-18(16)15-19/h3-5,7-8,11-12,15,20-21H,6,9-10,13-14H2,1-2H3. The van der Waals surface area contributed by atoms with Gasteiger partial charge in [0.15, 0.2) is 0 Å². The van der Waals surface area contributed by atoms with Gasteiger partial charge in [0.2, 0.25) is 0 Å². The Labute approximate surface area is 134 Å². The van der Waals surface area contributed by atoms with Gasteiger partial charge in [0.1, 0.15) is 0 Å². The third-order valence-corrected chi connectivity index (χ3v) is 4.83. The highest BCUT2D eigenvalue weighted by Gasteiger charge is 2.14. The van der Waals surface area contributed by atoms with Gasteiger partial charge in [-0.05, 0) is 61.6 Å². The van der Waals surface area contributed by atoms with Gasteiger partial charge in [0.25, 0.3) is 0 Å². The monoisotopic (exact) mass is 294 g/mol. The zero-order chi connectivity index (χ0) is 15.4. The Morgan fingerprint density at radius 2 is 1.82 bits per heavy atom. The fourth-order valence-corrected chi connectivity index (χ4v) is 3.41. The Hall–Kier alpha value is -1.80. The molecule has 0 aliphatic heterocycles. The molecule has 2 aromatic carbocycles. The van der Waals surface area contributed by atoms with Crippen LogP contribution in [0.25, 0.3) is 0 Å². The van der Waals surface area contributed by atoms with Crippen LogP contribution < -0.4 is 10.2 Å². The van der Waals surface area contributed by atoms with Gasteiger partial charge in [-0.3, -0.25) is 0 Å². The first kappa shape index (κ1) is 15.1. The number of fused-ring (bicyclic) bond motifs is 1. The van der Waals surface area contributed by atoms with Crippen molar-refractivity contribution in [3.05, 3.63) is 65.2 Å². The van der Waals surface area contributed by atoms with Crippen molar-refractivity contribution in [2.45, 2.75) is 31.7 Å². The van der Waals surface area contributed by atoms with Gasteiger partial charge < -0.3 is 10.2 Å². The first-order valence-corrected chi connectivity index (χ1v) is 8.33. The molecule has 1 aliphatic rings. The summed E-state index contributed by atoms with van der Waals surface area (Å²) in [6.45, 7) is 1.05. The van der Waals surface area contributed by atoms with E-state index < -0.39 is 0 Å². The molecule has 0 fully saturated rings. The van der Waals surface area contributed by atoms with Gasteiger partial charge in [0.05, 0.1) is 0 Å². The third kappa shape index (κ3) is 3.33. The van der Waals surface area contributed by atoms with Gasteiger partial charge >= 0.3 is 0 Å². The van der Waals surface area contributed by atoms with Crippen LogP contribution in [0.1, 0.15) is 35.6 Å². The lowest BCUT2D eigenvalue weighted by molar-refractivity contribution is 0.549. The molecule has 0 spiro atoms. The minimum Gasteiger partial charge on any atom is -0.375 e. The zero-order valence-corrected chi connectivity index (χ0v) is 13.7. The highest BCUT2D eigenvalue weighted by molar-refractivity contribution is 5.51. The van der Waals surface area contributed by atoms with Gasteiger partial charge in [-0.1, -0.05) is 36.4 Å². The van der Waals surface area contributed by atoms with Crippen LogP contribution in [-0.4, -0.2) is 20.6 Å². The fourth-order valence-electron chi connectivity index (χ4n) is 3.41. The summed E-state index contributed by atoms with van der Waals surface area (Å²) in [4.78, 5) is 2.38. The molecule has 2 heteroatoms. The van der Waals surface area contributed by atoms with E-state index in [1.165, 1.54) is 30.5 Å². The molecule has 3 rings (SSSR count). The summed E-state index contributed by atoms with van der Waals surface area (Å²) in [6, 6.07) is 18.1. The fraction of sp³-hybridized carbons (Fsp3) is 0.400. The van der Waals surface area contributed by atoms with Crippen molar-refractivity contribution in [2.75, 3.05) is 25.5 Å². The van der Waals surface area contributed by atoms with Crippen LogP contribution in [0.15, 0.2) is 48.5 Å². The maximum Gasteiger partial charge on any atom is 0.0366 e. The Morgan fingerprint density at radius 1 is 1.05 bits per heavy atom. The van der Waals surface area contributed by atoms with Crippen molar-refractivity contribution in [1.82, 2.24) is 5.32 Å². The maximum atomic E-state index is 3.44. The van der Waals surface area contributed by atoms with Crippen molar-refractivity contribution in [1.29, 1.82) is 0 Å². The van der Waals surface area contributed by atoms with Crippen molar-refractivity contribution in [3.8, 4) is 0 Å². The minimum absolute atomic E-state index is 0.415. The second-order valence-corrected chi connectivity index (χ2v) is 6.27. The van der Waals surface area contributed by atoms with Crippen molar-refractivity contribution in [3.63, 3.8) is 0 Å². The quantitative estimate of drug-likeness (QED) is 0.867. The molecule has 22 heavy (non-hydrogen) atoms. The number of hydrogen-bond donors (Lipinski definition) is 1. The normalized spacial score (nSPS) is 14.6. The molecule has 116 valence electrons. The first-order valence-electron chi connectivity index (χ1n) is 8.33. The molecule has 2 nitrogen and oxygen atoms in total. The van der Waals surface area contributed by atoms with E-state index in [1.54, 1.807) is 11.1 Å². The molecule has 1 unspecified atom stereocenters. The molecule has 0 saturated heterocycles. The van der Waals surface area contributed by atoms with E-state index in [0.29, 0.717) is 6.04 Å². The van der Waals surface area contributed by atoms with Crippen LogP contribution in [0.5, 0.6) is 0 Å². The number of aryl methyl sites for hydroxylation is 2. The van der Waals surface area contributed by atoms with Crippen molar-refractivity contribution < 1.29 is 0 Å². The summed E-state index contributed by atoms with van der Waals surface area (Å²) in [7, 11) is 4.25. The smallest absolute Gasteiger partial charge is 0.0366 e. The van der Waals surface area contributed by atoms with Gasteiger partial charge in [-0.15, -0.1) is 0 Å². The molecule has 0 amide bonds. The molecular formula is C20H26N2. The van der Waals surface area contributed by atoms with E-state index in [2.05, 4.69) is 65.8 Å². The van der Waals surface area contributed by atoms with Gasteiger partial charge in [-0.25, -0.2) is 0 Å². The van der Waals surface area contributed by atoms with Gasteiger partial charge in [-0.2, -0.15) is 0 Å². The SMILES string of the molecule is CNC(CCN(C)c1ccc2c(c1)CCC2)c1ccccc1. The average Bonchev–Trinajstić information content (AvgIpc) is 3.03. The average molecular weight is 294 g/mol. The number of anilines is 1. The second kappa shape index (κ2) is 6.97. The molecule has 1 atom stereocenters. The van der Waals surface area contributed by atoms with E-state index in [-0.39, 0.29) is 0 Å². The van der Waals surface area contributed by atoms with Crippen molar-refractivity contribution >= 4 is 5.69 Å². The maximum absolute atomic E-state index is 3.44. The number of nitrogens with one attached hydrogen (secondary N) is 1. The predicted molar refractivity (Wildman–Crippen MR) is 94.6 cm³/mol. The Bertz CT molecular complexity index is 606. The first-order chi connectivity index (χ1) is 10.8. The molecular weight excluding hydrogens is 268 g/mol. The Morgan fingerprint density at radius 3 is 2.59 bits per heavy atom. The van der Waals surface area contributed by atoms with Gasteiger partial charge in [0, 0.05) is 25.3 Å². The second-order valence-electron chi connectivity index (χ2n) is 6.27.